The summed E-state index contributed by atoms with van der Waals surface area (Å²) < 4.78 is 2.20. The van der Waals surface area contributed by atoms with Crippen LogP contribution in [0.25, 0.3) is 10.9 Å². The van der Waals surface area contributed by atoms with E-state index in [-0.39, 0.29) is 5.43 Å². The summed E-state index contributed by atoms with van der Waals surface area (Å²) in [6.45, 7) is 9.09. The first-order valence-corrected chi connectivity index (χ1v) is 5.66. The molecule has 16 heavy (non-hydrogen) atoms. The standard InChI is InChI=1S/C14H17NO/c1-5-15-11(4)8-13(16)12-7-9(2)6-10(3)14(12)15/h6-8H,5H2,1-4H3. The molecule has 0 fully saturated rings. The third kappa shape index (κ3) is 1.54. The van der Waals surface area contributed by atoms with Gasteiger partial charge in [-0.2, -0.15) is 0 Å². The van der Waals surface area contributed by atoms with Crippen molar-refractivity contribution in [3.8, 4) is 0 Å². The van der Waals surface area contributed by atoms with Crippen LogP contribution < -0.4 is 5.43 Å². The van der Waals surface area contributed by atoms with Gasteiger partial charge in [0.15, 0.2) is 5.43 Å². The average molecular weight is 215 g/mol. The molecule has 0 atom stereocenters. The number of fused-ring (bicyclic) bond motifs is 1. The van der Waals surface area contributed by atoms with Crippen LogP contribution >= 0.6 is 0 Å². The summed E-state index contributed by atoms with van der Waals surface area (Å²) in [4.78, 5) is 12.0. The average Bonchev–Trinajstić information content (AvgIpc) is 2.20. The molecule has 2 heteroatoms. The van der Waals surface area contributed by atoms with E-state index in [0.717, 1.165) is 28.7 Å². The highest BCUT2D eigenvalue weighted by Crippen LogP contribution is 2.19. The van der Waals surface area contributed by atoms with Crippen molar-refractivity contribution in [1.29, 1.82) is 0 Å². The molecular weight excluding hydrogens is 198 g/mol. The summed E-state index contributed by atoms with van der Waals surface area (Å²) in [7, 11) is 0. The fraction of sp³-hybridized carbons (Fsp3) is 0.357. The molecule has 0 saturated carbocycles. The molecule has 0 aliphatic carbocycles. The van der Waals surface area contributed by atoms with Crippen molar-refractivity contribution < 1.29 is 0 Å². The Morgan fingerprint density at radius 3 is 2.44 bits per heavy atom. The fourth-order valence-electron chi connectivity index (χ4n) is 2.44. The zero-order valence-electron chi connectivity index (χ0n) is 10.3. The maximum Gasteiger partial charge on any atom is 0.189 e. The van der Waals surface area contributed by atoms with Gasteiger partial charge in [-0.25, -0.2) is 0 Å². The minimum absolute atomic E-state index is 0.129. The summed E-state index contributed by atoms with van der Waals surface area (Å²) in [5.41, 5.74) is 4.57. The molecule has 0 spiro atoms. The van der Waals surface area contributed by atoms with Crippen molar-refractivity contribution in [2.75, 3.05) is 0 Å². The fourth-order valence-corrected chi connectivity index (χ4v) is 2.44. The highest BCUT2D eigenvalue weighted by atomic mass is 16.1. The van der Waals surface area contributed by atoms with Gasteiger partial charge in [-0.1, -0.05) is 6.07 Å². The predicted molar refractivity (Wildman–Crippen MR) is 68.1 cm³/mol. The summed E-state index contributed by atoms with van der Waals surface area (Å²) in [6, 6.07) is 5.84. The first-order chi connectivity index (χ1) is 7.54. The molecule has 2 aromatic rings. The van der Waals surface area contributed by atoms with Crippen molar-refractivity contribution in [3.63, 3.8) is 0 Å². The van der Waals surface area contributed by atoms with Crippen LogP contribution in [0.15, 0.2) is 23.0 Å². The molecule has 84 valence electrons. The van der Waals surface area contributed by atoms with Crippen LogP contribution in [0.3, 0.4) is 0 Å². The van der Waals surface area contributed by atoms with E-state index >= 15 is 0 Å². The molecule has 0 N–H and O–H groups in total. The maximum atomic E-state index is 12.0. The van der Waals surface area contributed by atoms with Crippen molar-refractivity contribution in [3.05, 3.63) is 45.2 Å². The monoisotopic (exact) mass is 215 g/mol. The Bertz CT molecular complexity index is 608. The van der Waals surface area contributed by atoms with Crippen LogP contribution in [0.2, 0.25) is 0 Å². The third-order valence-electron chi connectivity index (χ3n) is 3.06. The van der Waals surface area contributed by atoms with Gasteiger partial charge >= 0.3 is 0 Å². The van der Waals surface area contributed by atoms with Crippen molar-refractivity contribution in [2.45, 2.75) is 34.2 Å². The lowest BCUT2D eigenvalue weighted by Gasteiger charge is -2.15. The Labute approximate surface area is 95.5 Å². The van der Waals surface area contributed by atoms with Gasteiger partial charge < -0.3 is 4.57 Å². The van der Waals surface area contributed by atoms with E-state index < -0.39 is 0 Å². The number of nitrogens with zero attached hydrogens (tertiary/aromatic N) is 1. The number of hydrogen-bond donors (Lipinski definition) is 0. The van der Waals surface area contributed by atoms with Crippen LogP contribution in [0, 0.1) is 20.8 Å². The van der Waals surface area contributed by atoms with E-state index in [9.17, 15) is 4.79 Å². The number of benzene rings is 1. The molecule has 2 nitrogen and oxygen atoms in total. The van der Waals surface area contributed by atoms with Gasteiger partial charge in [0, 0.05) is 23.7 Å². The molecule has 2 rings (SSSR count). The minimum Gasteiger partial charge on any atom is -0.345 e. The van der Waals surface area contributed by atoms with Gasteiger partial charge in [-0.3, -0.25) is 4.79 Å². The molecule has 0 radical (unpaired) electrons. The van der Waals surface area contributed by atoms with Gasteiger partial charge in [-0.15, -0.1) is 0 Å². The van der Waals surface area contributed by atoms with E-state index in [1.807, 2.05) is 19.9 Å². The van der Waals surface area contributed by atoms with E-state index in [0.29, 0.717) is 0 Å². The van der Waals surface area contributed by atoms with Crippen LogP contribution in [0.5, 0.6) is 0 Å². The molecule has 1 aromatic carbocycles. The number of pyridine rings is 1. The van der Waals surface area contributed by atoms with Gasteiger partial charge in [-0.05, 0) is 44.9 Å². The van der Waals surface area contributed by atoms with Crippen LogP contribution in [0.1, 0.15) is 23.7 Å². The smallest absolute Gasteiger partial charge is 0.189 e. The zero-order chi connectivity index (χ0) is 11.9. The third-order valence-corrected chi connectivity index (χ3v) is 3.06. The summed E-state index contributed by atoms with van der Waals surface area (Å²) in [5, 5.41) is 0.838. The molecule has 1 aromatic heterocycles. The van der Waals surface area contributed by atoms with Gasteiger partial charge in [0.25, 0.3) is 0 Å². The van der Waals surface area contributed by atoms with Gasteiger partial charge in [0.2, 0.25) is 0 Å². The number of rotatable bonds is 1. The van der Waals surface area contributed by atoms with Gasteiger partial charge in [0.1, 0.15) is 0 Å². The van der Waals surface area contributed by atoms with E-state index in [2.05, 4.69) is 24.5 Å². The Morgan fingerprint density at radius 1 is 1.12 bits per heavy atom. The Hall–Kier alpha value is -1.57. The largest absolute Gasteiger partial charge is 0.345 e. The molecular formula is C14H17NO. The lowest BCUT2D eigenvalue weighted by Crippen LogP contribution is -2.12. The topological polar surface area (TPSA) is 22.0 Å². The van der Waals surface area contributed by atoms with E-state index in [1.165, 1.54) is 5.56 Å². The van der Waals surface area contributed by atoms with E-state index in [4.69, 9.17) is 0 Å². The lowest BCUT2D eigenvalue weighted by atomic mass is 10.1. The normalized spacial score (nSPS) is 11.0. The maximum absolute atomic E-state index is 12.0. The number of aryl methyl sites for hydroxylation is 4. The molecule has 0 bridgehead atoms. The molecule has 0 aliphatic heterocycles. The second-order valence-electron chi connectivity index (χ2n) is 4.37. The zero-order valence-corrected chi connectivity index (χ0v) is 10.3. The Morgan fingerprint density at radius 2 is 1.81 bits per heavy atom. The first kappa shape index (κ1) is 10.9. The SMILES string of the molecule is CCn1c(C)cc(=O)c2cc(C)cc(C)c21. The van der Waals surface area contributed by atoms with E-state index in [1.54, 1.807) is 6.07 Å². The van der Waals surface area contributed by atoms with Crippen LogP contribution in [-0.4, -0.2) is 4.57 Å². The molecule has 1 heterocycles. The molecule has 0 aliphatic rings. The minimum atomic E-state index is 0.129. The van der Waals surface area contributed by atoms with Crippen molar-refractivity contribution in [2.24, 2.45) is 0 Å². The molecule has 0 unspecified atom stereocenters. The summed E-state index contributed by atoms with van der Waals surface area (Å²) >= 11 is 0. The Balaban J connectivity index is 3.05. The Kier molecular flexibility index (Phi) is 2.58. The predicted octanol–water partition coefficient (Wildman–Crippen LogP) is 2.95. The quantitative estimate of drug-likeness (QED) is 0.717. The number of aromatic nitrogens is 1. The highest BCUT2D eigenvalue weighted by Gasteiger charge is 2.08. The van der Waals surface area contributed by atoms with Crippen molar-refractivity contribution in [1.82, 2.24) is 4.57 Å². The molecule has 0 amide bonds. The number of hydrogen-bond acceptors (Lipinski definition) is 1. The molecule has 0 saturated heterocycles. The first-order valence-electron chi connectivity index (χ1n) is 5.66. The second kappa shape index (κ2) is 3.78. The summed E-state index contributed by atoms with van der Waals surface area (Å²) in [6.07, 6.45) is 0. The van der Waals surface area contributed by atoms with Crippen molar-refractivity contribution >= 4 is 10.9 Å². The highest BCUT2D eigenvalue weighted by molar-refractivity contribution is 5.83. The van der Waals surface area contributed by atoms with Crippen LogP contribution in [0.4, 0.5) is 0 Å². The lowest BCUT2D eigenvalue weighted by molar-refractivity contribution is 0.756. The summed E-state index contributed by atoms with van der Waals surface area (Å²) in [5.74, 6) is 0. The van der Waals surface area contributed by atoms with Crippen LogP contribution in [-0.2, 0) is 6.54 Å². The second-order valence-corrected chi connectivity index (χ2v) is 4.37. The van der Waals surface area contributed by atoms with Gasteiger partial charge in [0.05, 0.1) is 5.52 Å².